The highest BCUT2D eigenvalue weighted by molar-refractivity contribution is 5.83. The maximum absolute atomic E-state index is 11.0. The number of aliphatic carboxylic acids is 1. The first kappa shape index (κ1) is 13.2. The molecule has 0 radical (unpaired) electrons. The standard InChI is InChI=1S/C8H15N3O4/c1-2-10-8(15)11-5(7(13)14)3-4-6(9)12/h5H,2-4H2,1H3,(H2,9,12)(H,13,14)(H2,10,11,15)/t5-/m0/s1. The summed E-state index contributed by atoms with van der Waals surface area (Å²) < 4.78 is 0. The van der Waals surface area contributed by atoms with Crippen molar-refractivity contribution in [2.75, 3.05) is 6.54 Å². The van der Waals surface area contributed by atoms with Crippen molar-refractivity contribution < 1.29 is 19.5 Å². The smallest absolute Gasteiger partial charge is 0.326 e. The first-order valence-corrected chi connectivity index (χ1v) is 4.52. The Labute approximate surface area is 87.0 Å². The van der Waals surface area contributed by atoms with Crippen molar-refractivity contribution in [3.05, 3.63) is 0 Å². The fourth-order valence-corrected chi connectivity index (χ4v) is 0.914. The second-order valence-electron chi connectivity index (χ2n) is 2.90. The van der Waals surface area contributed by atoms with Gasteiger partial charge in [-0.2, -0.15) is 0 Å². The van der Waals surface area contributed by atoms with Crippen molar-refractivity contribution in [2.45, 2.75) is 25.8 Å². The van der Waals surface area contributed by atoms with E-state index in [4.69, 9.17) is 10.8 Å². The Morgan fingerprint density at radius 3 is 2.40 bits per heavy atom. The number of amides is 3. The second kappa shape index (κ2) is 6.63. The number of hydrogen-bond donors (Lipinski definition) is 4. The predicted molar refractivity (Wildman–Crippen MR) is 52.1 cm³/mol. The van der Waals surface area contributed by atoms with Gasteiger partial charge >= 0.3 is 12.0 Å². The van der Waals surface area contributed by atoms with Crippen LogP contribution in [-0.4, -0.2) is 35.6 Å². The van der Waals surface area contributed by atoms with Gasteiger partial charge in [-0.3, -0.25) is 4.79 Å². The Morgan fingerprint density at radius 1 is 1.40 bits per heavy atom. The highest BCUT2D eigenvalue weighted by Gasteiger charge is 2.19. The molecule has 7 nitrogen and oxygen atoms in total. The lowest BCUT2D eigenvalue weighted by Crippen LogP contribution is -2.46. The zero-order valence-corrected chi connectivity index (χ0v) is 8.45. The van der Waals surface area contributed by atoms with E-state index in [2.05, 4.69) is 10.6 Å². The number of carboxylic acids is 1. The van der Waals surface area contributed by atoms with Crippen molar-refractivity contribution in [1.29, 1.82) is 0 Å². The molecule has 3 amide bonds. The minimum Gasteiger partial charge on any atom is -0.480 e. The number of hydrogen-bond acceptors (Lipinski definition) is 3. The van der Waals surface area contributed by atoms with E-state index in [1.165, 1.54) is 0 Å². The summed E-state index contributed by atoms with van der Waals surface area (Å²) in [6.07, 6.45) is -0.0921. The van der Waals surface area contributed by atoms with Crippen molar-refractivity contribution in [3.63, 3.8) is 0 Å². The van der Waals surface area contributed by atoms with E-state index in [1.54, 1.807) is 6.92 Å². The molecule has 0 saturated carbocycles. The largest absolute Gasteiger partial charge is 0.480 e. The van der Waals surface area contributed by atoms with Crippen LogP contribution in [0.15, 0.2) is 0 Å². The summed E-state index contributed by atoms with van der Waals surface area (Å²) in [4.78, 5) is 32.1. The summed E-state index contributed by atoms with van der Waals surface area (Å²) in [5, 5.41) is 13.3. The lowest BCUT2D eigenvalue weighted by atomic mass is 10.1. The van der Waals surface area contributed by atoms with E-state index in [0.29, 0.717) is 6.54 Å². The molecule has 0 spiro atoms. The molecule has 5 N–H and O–H groups in total. The van der Waals surface area contributed by atoms with Crippen LogP contribution in [0, 0.1) is 0 Å². The van der Waals surface area contributed by atoms with E-state index in [-0.39, 0.29) is 12.8 Å². The third-order valence-corrected chi connectivity index (χ3v) is 1.62. The Balaban J connectivity index is 4.10. The third-order valence-electron chi connectivity index (χ3n) is 1.62. The highest BCUT2D eigenvalue weighted by Crippen LogP contribution is 1.96. The molecule has 86 valence electrons. The third kappa shape index (κ3) is 6.30. The number of nitrogens with one attached hydrogen (secondary N) is 2. The van der Waals surface area contributed by atoms with Crippen molar-refractivity contribution in [3.8, 4) is 0 Å². The molecule has 7 heteroatoms. The van der Waals surface area contributed by atoms with Crippen LogP contribution in [0.25, 0.3) is 0 Å². The molecule has 0 heterocycles. The summed E-state index contributed by atoms with van der Waals surface area (Å²) in [6, 6.07) is -1.67. The van der Waals surface area contributed by atoms with Gasteiger partial charge in [0.2, 0.25) is 5.91 Å². The van der Waals surface area contributed by atoms with Gasteiger partial charge in [0.1, 0.15) is 6.04 Å². The van der Waals surface area contributed by atoms with Gasteiger partial charge in [0.25, 0.3) is 0 Å². The van der Waals surface area contributed by atoms with E-state index in [9.17, 15) is 14.4 Å². The average Bonchev–Trinajstić information content (AvgIpc) is 2.11. The molecule has 0 bridgehead atoms. The molecule has 0 aliphatic heterocycles. The van der Waals surface area contributed by atoms with E-state index < -0.39 is 23.9 Å². The van der Waals surface area contributed by atoms with Crippen LogP contribution < -0.4 is 16.4 Å². The minimum absolute atomic E-state index is 0.0121. The molecule has 0 aromatic carbocycles. The Kier molecular flexibility index (Phi) is 5.84. The van der Waals surface area contributed by atoms with Crippen molar-refractivity contribution in [2.24, 2.45) is 5.73 Å². The summed E-state index contributed by atoms with van der Waals surface area (Å²) >= 11 is 0. The normalized spacial score (nSPS) is 11.5. The van der Waals surface area contributed by atoms with Crippen molar-refractivity contribution in [1.82, 2.24) is 10.6 Å². The number of carbonyl (C=O) groups excluding carboxylic acids is 2. The molecule has 0 unspecified atom stereocenters. The van der Waals surface area contributed by atoms with Crippen LogP contribution >= 0.6 is 0 Å². The van der Waals surface area contributed by atoms with Gasteiger partial charge < -0.3 is 21.5 Å². The molecule has 0 saturated heterocycles. The summed E-state index contributed by atoms with van der Waals surface area (Å²) in [5.74, 6) is -1.79. The fraction of sp³-hybridized carbons (Fsp3) is 0.625. The predicted octanol–water partition coefficient (Wildman–Crippen LogP) is -0.976. The number of nitrogens with two attached hydrogens (primary N) is 1. The van der Waals surface area contributed by atoms with Gasteiger partial charge in [0.05, 0.1) is 0 Å². The Morgan fingerprint density at radius 2 is 2.00 bits per heavy atom. The molecular weight excluding hydrogens is 202 g/mol. The molecule has 1 atom stereocenters. The first-order chi connectivity index (χ1) is 6.97. The molecule has 15 heavy (non-hydrogen) atoms. The van der Waals surface area contributed by atoms with Crippen LogP contribution in [0.3, 0.4) is 0 Å². The molecule has 0 aromatic rings. The summed E-state index contributed by atoms with van der Waals surface area (Å²) in [7, 11) is 0. The average molecular weight is 217 g/mol. The van der Waals surface area contributed by atoms with Gasteiger partial charge in [-0.05, 0) is 13.3 Å². The number of rotatable bonds is 6. The number of carbonyl (C=O) groups is 3. The molecule has 0 aliphatic carbocycles. The topological polar surface area (TPSA) is 122 Å². The zero-order valence-electron chi connectivity index (χ0n) is 8.45. The first-order valence-electron chi connectivity index (χ1n) is 4.52. The number of primary amides is 1. The van der Waals surface area contributed by atoms with Crippen LogP contribution in [0.1, 0.15) is 19.8 Å². The van der Waals surface area contributed by atoms with E-state index in [1.807, 2.05) is 0 Å². The Bertz CT molecular complexity index is 254. The second-order valence-corrected chi connectivity index (χ2v) is 2.90. The van der Waals surface area contributed by atoms with Gasteiger partial charge in [-0.25, -0.2) is 9.59 Å². The molecule has 0 aromatic heterocycles. The SMILES string of the molecule is CCNC(=O)N[C@@H](CCC(N)=O)C(=O)O. The highest BCUT2D eigenvalue weighted by atomic mass is 16.4. The quantitative estimate of drug-likeness (QED) is 0.457. The van der Waals surface area contributed by atoms with Crippen LogP contribution in [0.2, 0.25) is 0 Å². The lowest BCUT2D eigenvalue weighted by Gasteiger charge is -2.13. The molecule has 0 rings (SSSR count). The van der Waals surface area contributed by atoms with Crippen LogP contribution in [0.4, 0.5) is 4.79 Å². The van der Waals surface area contributed by atoms with Gasteiger partial charge in [0.15, 0.2) is 0 Å². The molecule has 0 aliphatic rings. The van der Waals surface area contributed by atoms with Gasteiger partial charge in [-0.15, -0.1) is 0 Å². The lowest BCUT2D eigenvalue weighted by molar-refractivity contribution is -0.139. The maximum Gasteiger partial charge on any atom is 0.326 e. The monoisotopic (exact) mass is 217 g/mol. The summed E-state index contributed by atoms with van der Waals surface area (Å²) in [5.41, 5.74) is 4.87. The Hall–Kier alpha value is -1.79. The maximum atomic E-state index is 11.0. The van der Waals surface area contributed by atoms with E-state index >= 15 is 0 Å². The fourth-order valence-electron chi connectivity index (χ4n) is 0.914. The number of urea groups is 1. The minimum atomic E-state index is -1.19. The van der Waals surface area contributed by atoms with Gasteiger partial charge in [-0.1, -0.05) is 0 Å². The summed E-state index contributed by atoms with van der Waals surface area (Å²) in [6.45, 7) is 2.10. The van der Waals surface area contributed by atoms with Crippen molar-refractivity contribution >= 4 is 17.9 Å². The molecular formula is C8H15N3O4. The van der Waals surface area contributed by atoms with Crippen LogP contribution in [0.5, 0.6) is 0 Å². The van der Waals surface area contributed by atoms with E-state index in [0.717, 1.165) is 0 Å². The molecule has 0 fully saturated rings. The van der Waals surface area contributed by atoms with Gasteiger partial charge in [0, 0.05) is 13.0 Å². The van der Waals surface area contributed by atoms with Crippen LogP contribution in [-0.2, 0) is 9.59 Å². The zero-order chi connectivity index (χ0) is 11.8. The number of carboxylic acid groups (broad SMARTS) is 1.